The molecule has 0 unspecified atom stereocenters. The van der Waals surface area contributed by atoms with E-state index < -0.39 is 10.0 Å². The summed E-state index contributed by atoms with van der Waals surface area (Å²) in [6.45, 7) is 2.34. The minimum Gasteiger partial charge on any atom is -0.210 e. The molecule has 0 aliphatic heterocycles. The molecule has 6 heteroatoms. The van der Waals surface area contributed by atoms with E-state index in [1.807, 2.05) is 19.1 Å². The largest absolute Gasteiger partial charge is 0.250 e. The van der Waals surface area contributed by atoms with Crippen LogP contribution in [0.2, 0.25) is 0 Å². The number of rotatable bonds is 5. The first kappa shape index (κ1) is 12.9. The van der Waals surface area contributed by atoms with E-state index in [9.17, 15) is 8.42 Å². The van der Waals surface area contributed by atoms with E-state index in [2.05, 4.69) is 20.7 Å². The van der Waals surface area contributed by atoms with Gasteiger partial charge in [0.05, 0.1) is 3.79 Å². The molecule has 0 saturated heterocycles. The molecular formula is C9H12BrNO2S2. The van der Waals surface area contributed by atoms with Crippen molar-refractivity contribution in [3.8, 4) is 0 Å². The van der Waals surface area contributed by atoms with Gasteiger partial charge in [0.2, 0.25) is 10.0 Å². The van der Waals surface area contributed by atoms with E-state index in [0.29, 0.717) is 17.2 Å². The van der Waals surface area contributed by atoms with Crippen LogP contribution in [-0.2, 0) is 10.0 Å². The lowest BCUT2D eigenvalue weighted by Crippen LogP contribution is -2.23. The summed E-state index contributed by atoms with van der Waals surface area (Å²) < 4.78 is 27.0. The van der Waals surface area contributed by atoms with Crippen LogP contribution in [0.15, 0.2) is 32.3 Å². The van der Waals surface area contributed by atoms with E-state index in [1.165, 1.54) is 11.3 Å². The number of sulfonamides is 1. The van der Waals surface area contributed by atoms with E-state index >= 15 is 0 Å². The Labute approximate surface area is 102 Å². The Kier molecular flexibility index (Phi) is 4.98. The molecule has 0 bridgehead atoms. The van der Waals surface area contributed by atoms with Crippen LogP contribution >= 0.6 is 27.3 Å². The highest BCUT2D eigenvalue weighted by Gasteiger charge is 2.14. The molecule has 0 aliphatic carbocycles. The Morgan fingerprint density at radius 3 is 2.80 bits per heavy atom. The summed E-state index contributed by atoms with van der Waals surface area (Å²) in [4.78, 5) is 0. The summed E-state index contributed by atoms with van der Waals surface area (Å²) in [7, 11) is -3.32. The summed E-state index contributed by atoms with van der Waals surface area (Å²) in [6, 6.07) is 3.32. The predicted molar refractivity (Wildman–Crippen MR) is 66.6 cm³/mol. The van der Waals surface area contributed by atoms with Crippen molar-refractivity contribution in [3.05, 3.63) is 28.1 Å². The molecule has 15 heavy (non-hydrogen) atoms. The number of allylic oxidation sites excluding steroid dienone is 1. The third-order valence-electron chi connectivity index (χ3n) is 1.65. The number of halogens is 1. The third-order valence-corrected chi connectivity index (χ3v) is 5.23. The molecule has 0 saturated carbocycles. The lowest BCUT2D eigenvalue weighted by Gasteiger charge is -2.01. The molecule has 0 atom stereocenters. The van der Waals surface area contributed by atoms with Gasteiger partial charge in [-0.05, 0) is 41.4 Å². The Balaban J connectivity index is 2.60. The minimum absolute atomic E-state index is 0.342. The molecular weight excluding hydrogens is 298 g/mol. The zero-order chi connectivity index (χ0) is 11.3. The van der Waals surface area contributed by atoms with Crippen LogP contribution in [0.4, 0.5) is 0 Å². The maximum Gasteiger partial charge on any atom is 0.250 e. The van der Waals surface area contributed by atoms with Crippen molar-refractivity contribution in [2.75, 3.05) is 6.54 Å². The molecule has 0 radical (unpaired) electrons. The zero-order valence-corrected chi connectivity index (χ0v) is 11.5. The molecule has 0 aromatic carbocycles. The van der Waals surface area contributed by atoms with Crippen molar-refractivity contribution in [1.82, 2.24) is 4.72 Å². The maximum atomic E-state index is 11.7. The Morgan fingerprint density at radius 1 is 1.53 bits per heavy atom. The maximum absolute atomic E-state index is 11.7. The van der Waals surface area contributed by atoms with Crippen molar-refractivity contribution >= 4 is 37.3 Å². The monoisotopic (exact) mass is 309 g/mol. The lowest BCUT2D eigenvalue weighted by molar-refractivity contribution is 0.584. The third kappa shape index (κ3) is 4.06. The molecule has 84 valence electrons. The highest BCUT2D eigenvalue weighted by Crippen LogP contribution is 2.25. The molecule has 0 fully saturated rings. The van der Waals surface area contributed by atoms with Crippen LogP contribution in [0.5, 0.6) is 0 Å². The van der Waals surface area contributed by atoms with E-state index in [0.717, 1.165) is 3.79 Å². The van der Waals surface area contributed by atoms with Gasteiger partial charge in [0.25, 0.3) is 0 Å². The van der Waals surface area contributed by atoms with Gasteiger partial charge in [0.15, 0.2) is 0 Å². The first-order valence-corrected chi connectivity index (χ1v) is 7.51. The molecule has 3 nitrogen and oxygen atoms in total. The molecule has 0 amide bonds. The Hall–Kier alpha value is -0.170. The quantitative estimate of drug-likeness (QED) is 0.671. The van der Waals surface area contributed by atoms with Crippen LogP contribution in [0, 0.1) is 0 Å². The zero-order valence-electron chi connectivity index (χ0n) is 8.23. The van der Waals surface area contributed by atoms with Gasteiger partial charge in [-0.15, -0.1) is 11.3 Å². The minimum atomic E-state index is -3.32. The van der Waals surface area contributed by atoms with Crippen LogP contribution in [-0.4, -0.2) is 15.0 Å². The highest BCUT2D eigenvalue weighted by molar-refractivity contribution is 9.11. The molecule has 1 N–H and O–H groups in total. The smallest absolute Gasteiger partial charge is 0.210 e. The van der Waals surface area contributed by atoms with Crippen LogP contribution < -0.4 is 4.72 Å². The second-order valence-corrected chi connectivity index (χ2v) is 7.27. The average molecular weight is 310 g/mol. The van der Waals surface area contributed by atoms with Gasteiger partial charge in [-0.25, -0.2) is 13.1 Å². The molecule has 0 aliphatic rings. The fourth-order valence-electron chi connectivity index (χ4n) is 0.957. The SMILES string of the molecule is C/C=C/CCNS(=O)(=O)c1ccc(Br)s1. The number of hydrogen-bond acceptors (Lipinski definition) is 3. The summed E-state index contributed by atoms with van der Waals surface area (Å²) >= 11 is 4.44. The fraction of sp³-hybridized carbons (Fsp3) is 0.333. The first-order chi connectivity index (χ1) is 7.06. The van der Waals surface area contributed by atoms with E-state index in [1.54, 1.807) is 12.1 Å². The van der Waals surface area contributed by atoms with Gasteiger partial charge in [0, 0.05) is 6.54 Å². The van der Waals surface area contributed by atoms with Crippen LogP contribution in [0.1, 0.15) is 13.3 Å². The van der Waals surface area contributed by atoms with Gasteiger partial charge in [0.1, 0.15) is 4.21 Å². The summed E-state index contributed by atoms with van der Waals surface area (Å²) in [5, 5.41) is 0. The summed E-state index contributed by atoms with van der Waals surface area (Å²) in [5.74, 6) is 0. The van der Waals surface area contributed by atoms with Crippen LogP contribution in [0.25, 0.3) is 0 Å². The lowest BCUT2D eigenvalue weighted by atomic mass is 10.4. The standard InChI is InChI=1S/C9H12BrNO2S2/c1-2-3-4-7-11-15(12,13)9-6-5-8(10)14-9/h2-3,5-6,11H,4,7H2,1H3/b3-2+. The summed E-state index contributed by atoms with van der Waals surface area (Å²) in [5.41, 5.74) is 0. The van der Waals surface area contributed by atoms with Gasteiger partial charge < -0.3 is 0 Å². The van der Waals surface area contributed by atoms with Crippen LogP contribution in [0.3, 0.4) is 0 Å². The summed E-state index contributed by atoms with van der Waals surface area (Å²) in [6.07, 6.45) is 4.53. The van der Waals surface area contributed by atoms with E-state index in [4.69, 9.17) is 0 Å². The molecule has 0 spiro atoms. The van der Waals surface area contributed by atoms with Crippen molar-refractivity contribution in [3.63, 3.8) is 0 Å². The Bertz CT molecular complexity index is 437. The molecule has 1 rings (SSSR count). The van der Waals surface area contributed by atoms with Gasteiger partial charge >= 0.3 is 0 Å². The van der Waals surface area contributed by atoms with Gasteiger partial charge in [-0.1, -0.05) is 12.2 Å². The van der Waals surface area contributed by atoms with Crippen molar-refractivity contribution < 1.29 is 8.42 Å². The first-order valence-electron chi connectivity index (χ1n) is 4.42. The number of hydrogen-bond donors (Lipinski definition) is 1. The molecule has 1 heterocycles. The topological polar surface area (TPSA) is 46.2 Å². The Morgan fingerprint density at radius 2 is 2.27 bits per heavy atom. The fourth-order valence-corrected chi connectivity index (χ4v) is 4.06. The molecule has 1 aromatic heterocycles. The normalized spacial score (nSPS) is 12.4. The van der Waals surface area contributed by atoms with E-state index in [-0.39, 0.29) is 0 Å². The number of thiophene rings is 1. The predicted octanol–water partition coefficient (Wildman–Crippen LogP) is 2.76. The van der Waals surface area contributed by atoms with Gasteiger partial charge in [-0.3, -0.25) is 0 Å². The molecule has 1 aromatic rings. The van der Waals surface area contributed by atoms with Crippen molar-refractivity contribution in [2.24, 2.45) is 0 Å². The highest BCUT2D eigenvalue weighted by atomic mass is 79.9. The second-order valence-electron chi connectivity index (χ2n) is 2.81. The van der Waals surface area contributed by atoms with Crippen molar-refractivity contribution in [2.45, 2.75) is 17.6 Å². The van der Waals surface area contributed by atoms with Crippen molar-refractivity contribution in [1.29, 1.82) is 0 Å². The average Bonchev–Trinajstić information content (AvgIpc) is 2.60. The second kappa shape index (κ2) is 5.79. The van der Waals surface area contributed by atoms with Gasteiger partial charge in [-0.2, -0.15) is 0 Å². The number of nitrogens with one attached hydrogen (secondary N) is 1.